The Morgan fingerprint density at radius 2 is 2.00 bits per heavy atom. The molecule has 0 saturated heterocycles. The van der Waals surface area contributed by atoms with Gasteiger partial charge in [0.05, 0.1) is 19.2 Å². The minimum Gasteiger partial charge on any atom is -0.467 e. The van der Waals surface area contributed by atoms with Crippen molar-refractivity contribution >= 4 is 11.9 Å². The molecule has 1 amide bonds. The Labute approximate surface area is 155 Å². The maximum atomic E-state index is 11.8. The summed E-state index contributed by atoms with van der Waals surface area (Å²) in [6, 6.07) is 11.2. The van der Waals surface area contributed by atoms with Crippen molar-refractivity contribution in [2.45, 2.75) is 26.3 Å². The number of rotatable bonds is 8. The average molecular weight is 369 g/mol. The summed E-state index contributed by atoms with van der Waals surface area (Å²) in [5, 5.41) is 6.49. The molecule has 27 heavy (non-hydrogen) atoms. The van der Waals surface area contributed by atoms with E-state index in [9.17, 15) is 9.59 Å². The van der Waals surface area contributed by atoms with Gasteiger partial charge in [-0.05, 0) is 19.1 Å². The summed E-state index contributed by atoms with van der Waals surface area (Å²) in [7, 11) is 0. The van der Waals surface area contributed by atoms with Crippen LogP contribution in [0.1, 0.15) is 23.6 Å². The molecule has 0 saturated carbocycles. The minimum atomic E-state index is -0.516. The van der Waals surface area contributed by atoms with Crippen LogP contribution in [0.25, 0.3) is 11.4 Å². The average Bonchev–Trinajstić information content (AvgIpc) is 3.35. The summed E-state index contributed by atoms with van der Waals surface area (Å²) in [4.78, 5) is 27.6. The van der Waals surface area contributed by atoms with E-state index in [-0.39, 0.29) is 26.0 Å². The predicted molar refractivity (Wildman–Crippen MR) is 94.3 cm³/mol. The van der Waals surface area contributed by atoms with E-state index in [1.807, 2.05) is 31.2 Å². The van der Waals surface area contributed by atoms with Crippen molar-refractivity contribution in [3.63, 3.8) is 0 Å². The van der Waals surface area contributed by atoms with E-state index in [1.54, 1.807) is 12.1 Å². The molecule has 0 aliphatic rings. The van der Waals surface area contributed by atoms with Crippen LogP contribution in [0.5, 0.6) is 0 Å². The van der Waals surface area contributed by atoms with E-state index in [2.05, 4.69) is 15.5 Å². The topological polar surface area (TPSA) is 107 Å². The summed E-state index contributed by atoms with van der Waals surface area (Å²) >= 11 is 0. The molecular weight excluding hydrogens is 350 g/mol. The fourth-order valence-corrected chi connectivity index (χ4v) is 2.25. The molecule has 0 radical (unpaired) electrons. The normalized spacial score (nSPS) is 10.6. The summed E-state index contributed by atoms with van der Waals surface area (Å²) < 4.78 is 15.2. The van der Waals surface area contributed by atoms with Crippen LogP contribution in [0.2, 0.25) is 0 Å². The van der Waals surface area contributed by atoms with Gasteiger partial charge in [-0.15, -0.1) is 0 Å². The predicted octanol–water partition coefficient (Wildman–Crippen LogP) is 2.43. The number of aryl methyl sites for hydroxylation is 2. The zero-order chi connectivity index (χ0) is 19.1. The van der Waals surface area contributed by atoms with Gasteiger partial charge in [0, 0.05) is 12.0 Å². The van der Waals surface area contributed by atoms with Crippen LogP contribution in [0, 0.1) is 6.92 Å². The molecule has 8 heteroatoms. The lowest BCUT2D eigenvalue weighted by Gasteiger charge is -2.04. The number of carbonyl (C=O) groups is 2. The summed E-state index contributed by atoms with van der Waals surface area (Å²) in [5.74, 6) is 0.508. The van der Waals surface area contributed by atoms with Crippen LogP contribution in [0.3, 0.4) is 0 Å². The molecular formula is C19H19N3O5. The van der Waals surface area contributed by atoms with Crippen molar-refractivity contribution in [2.24, 2.45) is 0 Å². The van der Waals surface area contributed by atoms with Crippen molar-refractivity contribution < 1.29 is 23.3 Å². The van der Waals surface area contributed by atoms with Gasteiger partial charge < -0.3 is 19.0 Å². The molecule has 2 heterocycles. The SMILES string of the molecule is Cc1ccc(-c2noc(CCC(=O)OCC(=O)NCc3ccco3)n2)cc1. The highest BCUT2D eigenvalue weighted by Crippen LogP contribution is 2.16. The molecule has 0 unspecified atom stereocenters. The van der Waals surface area contributed by atoms with E-state index < -0.39 is 11.9 Å². The highest BCUT2D eigenvalue weighted by Gasteiger charge is 2.12. The Hall–Kier alpha value is -3.42. The van der Waals surface area contributed by atoms with Crippen LogP contribution < -0.4 is 5.32 Å². The van der Waals surface area contributed by atoms with Gasteiger partial charge in [-0.3, -0.25) is 9.59 Å². The molecule has 2 aromatic heterocycles. The molecule has 0 fully saturated rings. The fourth-order valence-electron chi connectivity index (χ4n) is 2.25. The van der Waals surface area contributed by atoms with Gasteiger partial charge in [-0.25, -0.2) is 0 Å². The fraction of sp³-hybridized carbons (Fsp3) is 0.263. The van der Waals surface area contributed by atoms with E-state index in [1.165, 1.54) is 6.26 Å². The number of nitrogens with zero attached hydrogens (tertiary/aromatic N) is 2. The number of carbonyl (C=O) groups excluding carboxylic acids is 2. The number of nitrogens with one attached hydrogen (secondary N) is 1. The summed E-state index contributed by atoms with van der Waals surface area (Å²) in [5.41, 5.74) is 1.98. The largest absolute Gasteiger partial charge is 0.467 e. The van der Waals surface area contributed by atoms with Gasteiger partial charge >= 0.3 is 5.97 Å². The van der Waals surface area contributed by atoms with Crippen LogP contribution in [-0.2, 0) is 27.3 Å². The smallest absolute Gasteiger partial charge is 0.306 e. The molecule has 8 nitrogen and oxygen atoms in total. The van der Waals surface area contributed by atoms with Gasteiger partial charge in [-0.2, -0.15) is 4.98 Å². The molecule has 1 aromatic carbocycles. The zero-order valence-corrected chi connectivity index (χ0v) is 14.8. The lowest BCUT2D eigenvalue weighted by molar-refractivity contribution is -0.148. The molecule has 0 aliphatic heterocycles. The first kappa shape index (κ1) is 18.4. The number of furan rings is 1. The van der Waals surface area contributed by atoms with Gasteiger partial charge in [0.1, 0.15) is 5.76 Å². The number of hydrogen-bond acceptors (Lipinski definition) is 7. The second-order valence-corrected chi connectivity index (χ2v) is 5.89. The number of benzene rings is 1. The third-order valence-electron chi connectivity index (χ3n) is 3.72. The minimum absolute atomic E-state index is 0.0427. The molecule has 0 bridgehead atoms. The number of hydrogen-bond donors (Lipinski definition) is 1. The Morgan fingerprint density at radius 1 is 1.19 bits per heavy atom. The summed E-state index contributed by atoms with van der Waals surface area (Å²) in [6.07, 6.45) is 1.80. The van der Waals surface area contributed by atoms with E-state index in [0.717, 1.165) is 11.1 Å². The number of amides is 1. The molecule has 0 atom stereocenters. The quantitative estimate of drug-likeness (QED) is 0.608. The maximum absolute atomic E-state index is 11.8. The van der Waals surface area contributed by atoms with Gasteiger partial charge in [0.2, 0.25) is 11.7 Å². The van der Waals surface area contributed by atoms with Crippen molar-refractivity contribution in [3.8, 4) is 11.4 Å². The van der Waals surface area contributed by atoms with Crippen LogP contribution in [0.4, 0.5) is 0 Å². The first-order valence-electron chi connectivity index (χ1n) is 8.44. The number of aromatic nitrogens is 2. The maximum Gasteiger partial charge on any atom is 0.306 e. The first-order chi connectivity index (χ1) is 13.1. The first-order valence-corrected chi connectivity index (χ1v) is 8.44. The second-order valence-electron chi connectivity index (χ2n) is 5.89. The molecule has 0 aliphatic carbocycles. The van der Waals surface area contributed by atoms with Crippen LogP contribution in [0.15, 0.2) is 51.6 Å². The lowest BCUT2D eigenvalue weighted by Crippen LogP contribution is -2.28. The van der Waals surface area contributed by atoms with Gasteiger partial charge in [0.15, 0.2) is 6.61 Å². The second kappa shape index (κ2) is 8.79. The zero-order valence-electron chi connectivity index (χ0n) is 14.8. The Morgan fingerprint density at radius 3 is 2.74 bits per heavy atom. The standard InChI is InChI=1S/C19H19N3O5/c1-13-4-6-14(7-5-13)19-21-17(27-22-19)8-9-18(24)26-12-16(23)20-11-15-3-2-10-25-15/h2-7,10H,8-9,11-12H2,1H3,(H,20,23). The van der Waals surface area contributed by atoms with Crippen LogP contribution in [-0.4, -0.2) is 28.6 Å². The summed E-state index contributed by atoms with van der Waals surface area (Å²) in [6.45, 7) is 1.89. The molecule has 1 N–H and O–H groups in total. The Kier molecular flexibility index (Phi) is 5.98. The lowest BCUT2D eigenvalue weighted by atomic mass is 10.1. The van der Waals surface area contributed by atoms with Gasteiger partial charge in [0.25, 0.3) is 5.91 Å². The number of ether oxygens (including phenoxy) is 1. The molecule has 3 rings (SSSR count). The highest BCUT2D eigenvalue weighted by atomic mass is 16.5. The third-order valence-corrected chi connectivity index (χ3v) is 3.72. The van der Waals surface area contributed by atoms with Crippen molar-refractivity contribution in [1.82, 2.24) is 15.5 Å². The number of esters is 1. The van der Waals surface area contributed by atoms with E-state index >= 15 is 0 Å². The highest BCUT2D eigenvalue weighted by molar-refractivity contribution is 5.80. The molecule has 0 spiro atoms. The van der Waals surface area contributed by atoms with Crippen molar-refractivity contribution in [2.75, 3.05) is 6.61 Å². The monoisotopic (exact) mass is 369 g/mol. The Balaban J connectivity index is 1.39. The Bertz CT molecular complexity index is 884. The van der Waals surface area contributed by atoms with E-state index in [4.69, 9.17) is 13.7 Å². The third kappa shape index (κ3) is 5.53. The molecule has 140 valence electrons. The van der Waals surface area contributed by atoms with Crippen molar-refractivity contribution in [1.29, 1.82) is 0 Å². The molecule has 3 aromatic rings. The van der Waals surface area contributed by atoms with Crippen molar-refractivity contribution in [3.05, 3.63) is 59.9 Å². The van der Waals surface area contributed by atoms with Crippen LogP contribution >= 0.6 is 0 Å². The van der Waals surface area contributed by atoms with Gasteiger partial charge in [-0.1, -0.05) is 35.0 Å². The van der Waals surface area contributed by atoms with E-state index in [0.29, 0.717) is 17.5 Å².